The molecule has 0 aromatic rings. The van der Waals surface area contributed by atoms with Crippen LogP contribution < -0.4 is 11.1 Å². The van der Waals surface area contributed by atoms with Crippen molar-refractivity contribution in [2.24, 2.45) is 11.7 Å². The highest BCUT2D eigenvalue weighted by atomic mass is 16.4. The van der Waals surface area contributed by atoms with Crippen LogP contribution in [0.3, 0.4) is 0 Å². The van der Waals surface area contributed by atoms with Gasteiger partial charge in [0.05, 0.1) is 6.54 Å². The molecule has 0 spiro atoms. The zero-order valence-corrected chi connectivity index (χ0v) is 11.4. The van der Waals surface area contributed by atoms with Crippen LogP contribution in [-0.2, 0) is 9.59 Å². The monoisotopic (exact) mass is 271 g/mol. The minimum absolute atomic E-state index is 0.0150. The molecule has 1 unspecified atom stereocenters. The first-order valence-electron chi connectivity index (χ1n) is 7.02. The van der Waals surface area contributed by atoms with Crippen LogP contribution in [0.5, 0.6) is 0 Å². The predicted molar refractivity (Wildman–Crippen MR) is 72.7 cm³/mol. The lowest BCUT2D eigenvalue weighted by atomic mass is 9.95. The Hall–Kier alpha value is -1.14. The molecule has 1 saturated heterocycles. The van der Waals surface area contributed by atoms with Gasteiger partial charge in [0.25, 0.3) is 0 Å². The van der Waals surface area contributed by atoms with Gasteiger partial charge in [0, 0.05) is 19.5 Å². The third-order valence-corrected chi connectivity index (χ3v) is 3.43. The van der Waals surface area contributed by atoms with Crippen molar-refractivity contribution in [3.05, 3.63) is 0 Å². The normalized spacial score (nSPS) is 20.2. The van der Waals surface area contributed by atoms with E-state index in [0.29, 0.717) is 32.0 Å². The molecule has 1 rings (SSSR count). The van der Waals surface area contributed by atoms with Crippen LogP contribution in [0, 0.1) is 5.92 Å². The molecule has 0 aromatic heterocycles. The second-order valence-electron chi connectivity index (χ2n) is 5.17. The smallest absolute Gasteiger partial charge is 0.303 e. The van der Waals surface area contributed by atoms with Gasteiger partial charge in [-0.2, -0.15) is 0 Å². The molecule has 6 heteroatoms. The third kappa shape index (κ3) is 7.12. The molecule has 0 bridgehead atoms. The summed E-state index contributed by atoms with van der Waals surface area (Å²) in [5.41, 5.74) is 5.57. The van der Waals surface area contributed by atoms with Crippen LogP contribution in [0.4, 0.5) is 0 Å². The van der Waals surface area contributed by atoms with Gasteiger partial charge >= 0.3 is 5.97 Å². The average Bonchev–Trinajstić information content (AvgIpc) is 2.35. The largest absolute Gasteiger partial charge is 0.481 e. The third-order valence-electron chi connectivity index (χ3n) is 3.43. The van der Waals surface area contributed by atoms with Crippen LogP contribution in [0.2, 0.25) is 0 Å². The standard InChI is InChI=1S/C13H25N3O3/c14-6-5-11-3-2-8-16(9-11)10-12(17)15-7-1-4-13(18)19/h11H,1-10,14H2,(H,15,17)(H,18,19). The molecular weight excluding hydrogens is 246 g/mol. The number of aliphatic carboxylic acids is 1. The highest BCUT2D eigenvalue weighted by Gasteiger charge is 2.20. The van der Waals surface area contributed by atoms with Gasteiger partial charge in [-0.3, -0.25) is 14.5 Å². The van der Waals surface area contributed by atoms with Crippen LogP contribution in [0.15, 0.2) is 0 Å². The Morgan fingerprint density at radius 2 is 2.21 bits per heavy atom. The number of hydrogen-bond acceptors (Lipinski definition) is 4. The minimum Gasteiger partial charge on any atom is -0.481 e. The SMILES string of the molecule is NCCC1CCCN(CC(=O)NCCCC(=O)O)C1. The van der Waals surface area contributed by atoms with Crippen molar-refractivity contribution < 1.29 is 14.7 Å². The summed E-state index contributed by atoms with van der Waals surface area (Å²) in [6.45, 7) is 3.46. The number of carbonyl (C=O) groups excluding carboxylic acids is 1. The molecule has 0 saturated carbocycles. The summed E-state index contributed by atoms with van der Waals surface area (Å²) < 4.78 is 0. The van der Waals surface area contributed by atoms with E-state index in [4.69, 9.17) is 10.8 Å². The predicted octanol–water partition coefficient (Wildman–Crippen LogP) is 0.0282. The summed E-state index contributed by atoms with van der Waals surface area (Å²) in [6.07, 6.45) is 3.93. The van der Waals surface area contributed by atoms with Crippen LogP contribution in [0.1, 0.15) is 32.1 Å². The van der Waals surface area contributed by atoms with E-state index in [1.807, 2.05) is 0 Å². The van der Waals surface area contributed by atoms with Crippen molar-refractivity contribution in [1.82, 2.24) is 10.2 Å². The van der Waals surface area contributed by atoms with Crippen molar-refractivity contribution in [1.29, 1.82) is 0 Å². The van der Waals surface area contributed by atoms with Crippen molar-refractivity contribution in [3.63, 3.8) is 0 Å². The number of nitrogens with zero attached hydrogens (tertiary/aromatic N) is 1. The number of amides is 1. The maximum absolute atomic E-state index is 11.7. The van der Waals surface area contributed by atoms with Gasteiger partial charge in [0.15, 0.2) is 0 Å². The van der Waals surface area contributed by atoms with Crippen LogP contribution in [-0.4, -0.2) is 54.6 Å². The summed E-state index contributed by atoms with van der Waals surface area (Å²) in [5.74, 6) is -0.229. The lowest BCUT2D eigenvalue weighted by Crippen LogP contribution is -2.43. The van der Waals surface area contributed by atoms with Gasteiger partial charge in [-0.15, -0.1) is 0 Å². The minimum atomic E-state index is -0.824. The van der Waals surface area contributed by atoms with Gasteiger partial charge in [-0.05, 0) is 44.7 Å². The van der Waals surface area contributed by atoms with E-state index in [1.54, 1.807) is 0 Å². The van der Waals surface area contributed by atoms with Gasteiger partial charge in [-0.1, -0.05) is 0 Å². The molecule has 4 N–H and O–H groups in total. The number of hydrogen-bond donors (Lipinski definition) is 3. The van der Waals surface area contributed by atoms with E-state index < -0.39 is 5.97 Å². The molecule has 0 radical (unpaired) electrons. The number of carboxylic acid groups (broad SMARTS) is 1. The number of carbonyl (C=O) groups is 2. The molecule has 6 nitrogen and oxygen atoms in total. The molecule has 1 amide bonds. The van der Waals surface area contributed by atoms with Crippen molar-refractivity contribution in [2.75, 3.05) is 32.7 Å². The molecule has 1 heterocycles. The molecule has 1 atom stereocenters. The van der Waals surface area contributed by atoms with Crippen LogP contribution >= 0.6 is 0 Å². The average molecular weight is 271 g/mol. The Bertz CT molecular complexity index is 295. The first-order valence-corrected chi connectivity index (χ1v) is 7.02. The van der Waals surface area contributed by atoms with Crippen molar-refractivity contribution in [2.45, 2.75) is 32.1 Å². The van der Waals surface area contributed by atoms with Gasteiger partial charge in [-0.25, -0.2) is 0 Å². The molecule has 0 aliphatic carbocycles. The molecule has 0 aromatic carbocycles. The second kappa shape index (κ2) is 8.87. The number of likely N-dealkylation sites (tertiary alicyclic amines) is 1. The molecule has 1 fully saturated rings. The van der Waals surface area contributed by atoms with Gasteiger partial charge in [0.2, 0.25) is 5.91 Å². The Kier molecular flexibility index (Phi) is 7.43. The summed E-state index contributed by atoms with van der Waals surface area (Å²) in [7, 11) is 0. The maximum atomic E-state index is 11.7. The fraction of sp³-hybridized carbons (Fsp3) is 0.846. The number of nitrogens with two attached hydrogens (primary N) is 1. The molecule has 1 aliphatic rings. The highest BCUT2D eigenvalue weighted by molar-refractivity contribution is 5.78. The van der Waals surface area contributed by atoms with E-state index in [1.165, 1.54) is 6.42 Å². The first-order chi connectivity index (χ1) is 9.11. The zero-order chi connectivity index (χ0) is 14.1. The van der Waals surface area contributed by atoms with Gasteiger partial charge < -0.3 is 16.2 Å². The number of nitrogens with one attached hydrogen (secondary N) is 1. The van der Waals surface area contributed by atoms with Crippen molar-refractivity contribution in [3.8, 4) is 0 Å². The number of piperidine rings is 1. The van der Waals surface area contributed by atoms with E-state index in [9.17, 15) is 9.59 Å². The Balaban J connectivity index is 2.15. The van der Waals surface area contributed by atoms with Crippen molar-refractivity contribution >= 4 is 11.9 Å². The molecule has 1 aliphatic heterocycles. The zero-order valence-electron chi connectivity index (χ0n) is 11.4. The summed E-state index contributed by atoms with van der Waals surface area (Å²) in [4.78, 5) is 24.2. The molecule has 110 valence electrons. The van der Waals surface area contributed by atoms with E-state index >= 15 is 0 Å². The maximum Gasteiger partial charge on any atom is 0.303 e. The number of rotatable bonds is 8. The topological polar surface area (TPSA) is 95.7 Å². The summed E-state index contributed by atoms with van der Waals surface area (Å²) in [5, 5.41) is 11.3. The Morgan fingerprint density at radius 1 is 1.42 bits per heavy atom. The van der Waals surface area contributed by atoms with E-state index in [0.717, 1.165) is 25.9 Å². The summed E-state index contributed by atoms with van der Waals surface area (Å²) in [6, 6.07) is 0. The molecule has 19 heavy (non-hydrogen) atoms. The Morgan fingerprint density at radius 3 is 2.89 bits per heavy atom. The number of carboxylic acids is 1. The summed E-state index contributed by atoms with van der Waals surface area (Å²) >= 11 is 0. The fourth-order valence-electron chi connectivity index (χ4n) is 2.49. The lowest BCUT2D eigenvalue weighted by molar-refractivity contribution is -0.137. The lowest BCUT2D eigenvalue weighted by Gasteiger charge is -2.32. The fourth-order valence-corrected chi connectivity index (χ4v) is 2.49. The quantitative estimate of drug-likeness (QED) is 0.541. The molecular formula is C13H25N3O3. The second-order valence-corrected chi connectivity index (χ2v) is 5.17. The van der Waals surface area contributed by atoms with E-state index in [2.05, 4.69) is 10.2 Å². The van der Waals surface area contributed by atoms with Gasteiger partial charge in [0.1, 0.15) is 0 Å². The van der Waals surface area contributed by atoms with E-state index in [-0.39, 0.29) is 12.3 Å². The Labute approximate surface area is 114 Å². The van der Waals surface area contributed by atoms with Crippen LogP contribution in [0.25, 0.3) is 0 Å². The highest BCUT2D eigenvalue weighted by Crippen LogP contribution is 2.18. The first kappa shape index (κ1) is 15.9.